The molecule has 2 aromatic rings. The van der Waals surface area contributed by atoms with E-state index in [1.165, 1.54) is 11.3 Å². The molecule has 0 bridgehead atoms. The first kappa shape index (κ1) is 15.3. The van der Waals surface area contributed by atoms with Gasteiger partial charge < -0.3 is 10.6 Å². The van der Waals surface area contributed by atoms with Gasteiger partial charge in [-0.3, -0.25) is 4.79 Å². The van der Waals surface area contributed by atoms with Crippen LogP contribution in [0.5, 0.6) is 0 Å². The van der Waals surface area contributed by atoms with Crippen LogP contribution in [-0.2, 0) is 6.54 Å². The number of halogens is 1. The van der Waals surface area contributed by atoms with Crippen molar-refractivity contribution in [3.63, 3.8) is 0 Å². The van der Waals surface area contributed by atoms with Gasteiger partial charge in [-0.25, -0.2) is 0 Å². The van der Waals surface area contributed by atoms with Gasteiger partial charge in [-0.2, -0.15) is 0 Å². The highest BCUT2D eigenvalue weighted by molar-refractivity contribution is 9.11. The van der Waals surface area contributed by atoms with Crippen molar-refractivity contribution in [1.29, 1.82) is 0 Å². The lowest BCUT2D eigenvalue weighted by Gasteiger charge is -2.15. The summed E-state index contributed by atoms with van der Waals surface area (Å²) in [4.78, 5) is 15.0. The van der Waals surface area contributed by atoms with Crippen LogP contribution in [0.15, 0.2) is 26.7 Å². The molecule has 0 saturated carbocycles. The lowest BCUT2D eigenvalue weighted by Crippen LogP contribution is -2.25. The third-order valence-corrected chi connectivity index (χ3v) is 4.97. The van der Waals surface area contributed by atoms with Gasteiger partial charge in [-0.05, 0) is 28.1 Å². The second-order valence-electron chi connectivity index (χ2n) is 4.11. The molecule has 0 aromatic carbocycles. The van der Waals surface area contributed by atoms with Gasteiger partial charge in [0.2, 0.25) is 0 Å². The number of rotatable bonds is 3. The Morgan fingerprint density at radius 2 is 2.20 bits per heavy atom. The molecule has 0 saturated heterocycles. The number of carbonyl (C=O) groups is 1. The Morgan fingerprint density at radius 3 is 2.85 bits per heavy atom. The monoisotopic (exact) mass is 368 g/mol. The van der Waals surface area contributed by atoms with Crippen LogP contribution < -0.4 is 5.73 Å². The van der Waals surface area contributed by atoms with E-state index < -0.39 is 0 Å². The van der Waals surface area contributed by atoms with Crippen LogP contribution in [0.3, 0.4) is 0 Å². The van der Waals surface area contributed by atoms with Crippen molar-refractivity contribution in [2.45, 2.75) is 6.54 Å². The van der Waals surface area contributed by atoms with Gasteiger partial charge in [0.1, 0.15) is 0 Å². The van der Waals surface area contributed by atoms with Crippen LogP contribution in [0.25, 0.3) is 0 Å². The minimum Gasteiger partial charge on any atom is -0.337 e. The van der Waals surface area contributed by atoms with E-state index in [0.29, 0.717) is 18.7 Å². The van der Waals surface area contributed by atoms with E-state index in [1.54, 1.807) is 23.3 Å². The SMILES string of the molecule is CN(Cc1cc(C#CCN)cs1)C(=O)c1csc(Br)c1. The molecule has 1 amide bonds. The molecule has 0 spiro atoms. The molecule has 0 aliphatic heterocycles. The van der Waals surface area contributed by atoms with Crippen molar-refractivity contribution in [2.75, 3.05) is 13.6 Å². The average Bonchev–Trinajstić information content (AvgIpc) is 3.04. The summed E-state index contributed by atoms with van der Waals surface area (Å²) in [6, 6.07) is 3.84. The first-order valence-electron chi connectivity index (χ1n) is 5.86. The van der Waals surface area contributed by atoms with Crippen LogP contribution in [0.2, 0.25) is 0 Å². The molecule has 0 aliphatic rings. The van der Waals surface area contributed by atoms with Crippen molar-refractivity contribution >= 4 is 44.5 Å². The number of hydrogen-bond donors (Lipinski definition) is 1. The largest absolute Gasteiger partial charge is 0.337 e. The number of nitrogens with two attached hydrogens (primary N) is 1. The van der Waals surface area contributed by atoms with Gasteiger partial charge in [0.25, 0.3) is 5.91 Å². The molecular formula is C14H13BrN2OS2. The Kier molecular flexibility index (Phi) is 5.38. The number of carbonyl (C=O) groups excluding carboxylic acids is 1. The zero-order valence-electron chi connectivity index (χ0n) is 10.9. The zero-order valence-corrected chi connectivity index (χ0v) is 14.1. The summed E-state index contributed by atoms with van der Waals surface area (Å²) >= 11 is 6.48. The summed E-state index contributed by atoms with van der Waals surface area (Å²) in [5, 5.41) is 3.84. The fourth-order valence-corrected chi connectivity index (χ4v) is 3.63. The molecule has 6 heteroatoms. The van der Waals surface area contributed by atoms with Crippen LogP contribution in [-0.4, -0.2) is 24.4 Å². The topological polar surface area (TPSA) is 46.3 Å². The van der Waals surface area contributed by atoms with Crippen LogP contribution >= 0.6 is 38.6 Å². The zero-order chi connectivity index (χ0) is 14.5. The molecule has 2 aromatic heterocycles. The van der Waals surface area contributed by atoms with Crippen molar-refractivity contribution in [3.05, 3.63) is 42.7 Å². The molecule has 3 nitrogen and oxygen atoms in total. The predicted molar refractivity (Wildman–Crippen MR) is 88.1 cm³/mol. The first-order chi connectivity index (χ1) is 9.60. The molecule has 20 heavy (non-hydrogen) atoms. The Hall–Kier alpha value is -1.13. The third-order valence-electron chi connectivity index (χ3n) is 2.54. The van der Waals surface area contributed by atoms with E-state index in [2.05, 4.69) is 27.8 Å². The van der Waals surface area contributed by atoms with E-state index in [-0.39, 0.29) is 5.91 Å². The number of hydrogen-bond acceptors (Lipinski definition) is 4. The normalized spacial score (nSPS) is 9.95. The molecule has 0 unspecified atom stereocenters. The molecule has 2 N–H and O–H groups in total. The fraction of sp³-hybridized carbons (Fsp3) is 0.214. The van der Waals surface area contributed by atoms with Crippen LogP contribution in [0, 0.1) is 11.8 Å². The maximum absolute atomic E-state index is 12.2. The molecular weight excluding hydrogens is 356 g/mol. The molecule has 0 aliphatic carbocycles. The van der Waals surface area contributed by atoms with E-state index in [1.807, 2.05) is 22.9 Å². The lowest BCUT2D eigenvalue weighted by atomic mass is 10.2. The van der Waals surface area contributed by atoms with Crippen molar-refractivity contribution in [1.82, 2.24) is 4.90 Å². The predicted octanol–water partition coefficient (Wildman–Crippen LogP) is 3.15. The van der Waals surface area contributed by atoms with E-state index in [4.69, 9.17) is 5.73 Å². The quantitative estimate of drug-likeness (QED) is 0.845. The lowest BCUT2D eigenvalue weighted by molar-refractivity contribution is 0.0787. The smallest absolute Gasteiger partial charge is 0.254 e. The second kappa shape index (κ2) is 7.04. The van der Waals surface area contributed by atoms with Gasteiger partial charge in [0.05, 0.1) is 22.4 Å². The van der Waals surface area contributed by atoms with E-state index in [0.717, 1.165) is 14.2 Å². The molecule has 0 radical (unpaired) electrons. The molecule has 2 rings (SSSR count). The Morgan fingerprint density at radius 1 is 1.40 bits per heavy atom. The first-order valence-corrected chi connectivity index (χ1v) is 8.41. The van der Waals surface area contributed by atoms with Gasteiger partial charge in [-0.15, -0.1) is 22.7 Å². The van der Waals surface area contributed by atoms with Gasteiger partial charge in [-0.1, -0.05) is 11.8 Å². The number of nitrogens with zero attached hydrogens (tertiary/aromatic N) is 1. The Labute approximate surface area is 134 Å². The van der Waals surface area contributed by atoms with Gasteiger partial charge in [0, 0.05) is 28.2 Å². The number of thiophene rings is 2. The molecule has 2 heterocycles. The summed E-state index contributed by atoms with van der Waals surface area (Å²) in [6.07, 6.45) is 0. The van der Waals surface area contributed by atoms with E-state index >= 15 is 0 Å². The Bertz CT molecular complexity index is 666. The van der Waals surface area contributed by atoms with Crippen molar-refractivity contribution in [2.24, 2.45) is 5.73 Å². The van der Waals surface area contributed by atoms with Gasteiger partial charge in [0.15, 0.2) is 0 Å². The maximum Gasteiger partial charge on any atom is 0.254 e. The summed E-state index contributed by atoms with van der Waals surface area (Å²) in [5.41, 5.74) is 7.01. The molecule has 0 fully saturated rings. The second-order valence-corrected chi connectivity index (χ2v) is 7.39. The Balaban J connectivity index is 2.02. The summed E-state index contributed by atoms with van der Waals surface area (Å²) in [5.74, 6) is 5.84. The minimum absolute atomic E-state index is 0.0231. The van der Waals surface area contributed by atoms with Crippen molar-refractivity contribution in [3.8, 4) is 11.8 Å². The fourth-order valence-electron chi connectivity index (χ4n) is 1.63. The minimum atomic E-state index is 0.0231. The summed E-state index contributed by atoms with van der Waals surface area (Å²) in [6.45, 7) is 0.942. The van der Waals surface area contributed by atoms with Crippen molar-refractivity contribution < 1.29 is 4.79 Å². The highest BCUT2D eigenvalue weighted by Gasteiger charge is 2.14. The molecule has 104 valence electrons. The summed E-state index contributed by atoms with van der Waals surface area (Å²) < 4.78 is 0.963. The summed E-state index contributed by atoms with van der Waals surface area (Å²) in [7, 11) is 1.80. The van der Waals surface area contributed by atoms with Crippen LogP contribution in [0.1, 0.15) is 20.8 Å². The van der Waals surface area contributed by atoms with Crippen LogP contribution in [0.4, 0.5) is 0 Å². The third kappa shape index (κ3) is 3.93. The maximum atomic E-state index is 12.2. The van der Waals surface area contributed by atoms with Gasteiger partial charge >= 0.3 is 0 Å². The molecule has 0 atom stereocenters. The highest BCUT2D eigenvalue weighted by atomic mass is 79.9. The highest BCUT2D eigenvalue weighted by Crippen LogP contribution is 2.22. The average molecular weight is 369 g/mol. The standard InChI is InChI=1S/C14H13BrN2OS2/c1-17(14(18)11-6-13(15)20-9-11)7-12-5-10(8-19-12)3-2-4-16/h5-6,8-9H,4,7,16H2,1H3. The number of amides is 1. The van der Waals surface area contributed by atoms with E-state index in [9.17, 15) is 4.79 Å².